The number of benzene rings is 1. The summed E-state index contributed by atoms with van der Waals surface area (Å²) in [6, 6.07) is 6.22. The van der Waals surface area contributed by atoms with E-state index in [9.17, 15) is 9.59 Å². The number of nitrogens with one attached hydrogen (secondary N) is 1. The molecule has 0 bridgehead atoms. The number of hydrogen-bond acceptors (Lipinski definition) is 3. The first-order valence-corrected chi connectivity index (χ1v) is 9.59. The number of aryl methyl sites for hydroxylation is 1. The standard InChI is InChI=1S/C19H25BrN2O3/c1-19(2,3)25-18(24)22(11-14-6-9-17(23)21-14)16-8-4-12-10-13(20)5-7-15(12)16/h5,7,10,14,16H,4,6,8-9,11H2,1-3H3,(H,21,23)/t14-,16?/m0/s1. The van der Waals surface area contributed by atoms with E-state index in [1.807, 2.05) is 26.8 Å². The largest absolute Gasteiger partial charge is 0.444 e. The molecule has 1 N–H and O–H groups in total. The molecule has 25 heavy (non-hydrogen) atoms. The lowest BCUT2D eigenvalue weighted by atomic mass is 10.1. The summed E-state index contributed by atoms with van der Waals surface area (Å²) in [7, 11) is 0. The molecule has 1 aliphatic heterocycles. The smallest absolute Gasteiger partial charge is 0.410 e. The normalized spacial score (nSPS) is 22.5. The highest BCUT2D eigenvalue weighted by molar-refractivity contribution is 9.10. The second-order valence-electron chi connectivity index (χ2n) is 7.83. The first-order valence-electron chi connectivity index (χ1n) is 8.80. The first-order chi connectivity index (χ1) is 11.7. The molecular formula is C19H25BrN2O3. The Balaban J connectivity index is 1.84. The molecule has 0 saturated carbocycles. The fraction of sp³-hybridized carbons (Fsp3) is 0.579. The molecule has 1 unspecified atom stereocenters. The number of carbonyl (C=O) groups is 2. The van der Waals surface area contributed by atoms with E-state index >= 15 is 0 Å². The second kappa shape index (κ2) is 6.98. The van der Waals surface area contributed by atoms with Gasteiger partial charge in [0.1, 0.15) is 5.60 Å². The third-order valence-electron chi connectivity index (χ3n) is 4.66. The fourth-order valence-corrected chi connectivity index (χ4v) is 4.00. The zero-order valence-corrected chi connectivity index (χ0v) is 16.6. The molecule has 6 heteroatoms. The van der Waals surface area contributed by atoms with Crippen molar-refractivity contribution in [1.82, 2.24) is 10.2 Å². The van der Waals surface area contributed by atoms with E-state index in [4.69, 9.17) is 4.74 Å². The highest BCUT2D eigenvalue weighted by Crippen LogP contribution is 2.38. The molecule has 1 fully saturated rings. The van der Waals surface area contributed by atoms with Crippen LogP contribution in [0.3, 0.4) is 0 Å². The summed E-state index contributed by atoms with van der Waals surface area (Å²) in [4.78, 5) is 26.2. The maximum atomic E-state index is 12.9. The summed E-state index contributed by atoms with van der Waals surface area (Å²) in [6.45, 7) is 6.11. The van der Waals surface area contributed by atoms with Crippen molar-refractivity contribution in [1.29, 1.82) is 0 Å². The maximum absolute atomic E-state index is 12.9. The van der Waals surface area contributed by atoms with E-state index in [-0.39, 0.29) is 24.1 Å². The Kier molecular flexibility index (Phi) is 5.09. The third-order valence-corrected chi connectivity index (χ3v) is 5.15. The van der Waals surface area contributed by atoms with Crippen LogP contribution >= 0.6 is 15.9 Å². The van der Waals surface area contributed by atoms with Gasteiger partial charge in [0.15, 0.2) is 0 Å². The van der Waals surface area contributed by atoms with Gasteiger partial charge in [-0.15, -0.1) is 0 Å². The predicted octanol–water partition coefficient (Wildman–Crippen LogP) is 3.95. The molecule has 1 aromatic rings. The minimum Gasteiger partial charge on any atom is -0.444 e. The Hall–Kier alpha value is -1.56. The van der Waals surface area contributed by atoms with Crippen molar-refractivity contribution in [2.75, 3.05) is 6.54 Å². The average Bonchev–Trinajstić information content (AvgIpc) is 3.08. The number of carbonyl (C=O) groups excluding carboxylic acids is 2. The van der Waals surface area contributed by atoms with Crippen LogP contribution in [0, 0.1) is 0 Å². The second-order valence-corrected chi connectivity index (χ2v) is 8.75. The summed E-state index contributed by atoms with van der Waals surface area (Å²) in [6.07, 6.45) is 2.80. The summed E-state index contributed by atoms with van der Waals surface area (Å²) in [5, 5.41) is 2.96. The molecule has 0 spiro atoms. The summed E-state index contributed by atoms with van der Waals surface area (Å²) >= 11 is 3.52. The van der Waals surface area contributed by atoms with Gasteiger partial charge in [0.05, 0.1) is 6.04 Å². The third kappa shape index (κ3) is 4.35. The zero-order valence-electron chi connectivity index (χ0n) is 15.0. The van der Waals surface area contributed by atoms with Crippen LogP contribution in [0.25, 0.3) is 0 Å². The van der Waals surface area contributed by atoms with E-state index in [2.05, 4.69) is 33.4 Å². The maximum Gasteiger partial charge on any atom is 0.410 e. The van der Waals surface area contributed by atoms with Crippen LogP contribution in [0.4, 0.5) is 4.79 Å². The van der Waals surface area contributed by atoms with Crippen molar-refractivity contribution in [3.8, 4) is 0 Å². The highest BCUT2D eigenvalue weighted by Gasteiger charge is 2.36. The minimum absolute atomic E-state index is 0.000447. The topological polar surface area (TPSA) is 58.6 Å². The van der Waals surface area contributed by atoms with E-state index in [0.29, 0.717) is 13.0 Å². The van der Waals surface area contributed by atoms with Gasteiger partial charge in [-0.2, -0.15) is 0 Å². The van der Waals surface area contributed by atoms with Crippen LogP contribution in [0.2, 0.25) is 0 Å². The Labute approximate surface area is 157 Å². The fourth-order valence-electron chi connectivity index (χ4n) is 3.59. The molecule has 3 rings (SSSR count). The molecule has 136 valence electrons. The van der Waals surface area contributed by atoms with Crippen molar-refractivity contribution in [2.45, 2.75) is 64.1 Å². The van der Waals surface area contributed by atoms with E-state index in [1.165, 1.54) is 11.1 Å². The van der Waals surface area contributed by atoms with Gasteiger partial charge in [0.2, 0.25) is 5.91 Å². The van der Waals surface area contributed by atoms with Crippen LogP contribution in [0.5, 0.6) is 0 Å². The minimum atomic E-state index is -0.546. The number of nitrogens with zero attached hydrogens (tertiary/aromatic N) is 1. The van der Waals surface area contributed by atoms with Crippen molar-refractivity contribution in [3.05, 3.63) is 33.8 Å². The van der Waals surface area contributed by atoms with Gasteiger partial charge in [-0.05, 0) is 63.3 Å². The number of fused-ring (bicyclic) bond motifs is 1. The van der Waals surface area contributed by atoms with Crippen LogP contribution in [0.1, 0.15) is 57.2 Å². The van der Waals surface area contributed by atoms with Gasteiger partial charge >= 0.3 is 6.09 Å². The lowest BCUT2D eigenvalue weighted by molar-refractivity contribution is -0.119. The Morgan fingerprint density at radius 1 is 1.32 bits per heavy atom. The summed E-state index contributed by atoms with van der Waals surface area (Å²) in [5.41, 5.74) is 1.90. The van der Waals surface area contributed by atoms with Crippen LogP contribution in [0.15, 0.2) is 22.7 Å². The molecule has 0 radical (unpaired) electrons. The summed E-state index contributed by atoms with van der Waals surface area (Å²) < 4.78 is 6.71. The van der Waals surface area contributed by atoms with E-state index in [0.717, 1.165) is 23.7 Å². The highest BCUT2D eigenvalue weighted by atomic mass is 79.9. The Bertz CT molecular complexity index is 684. The number of halogens is 1. The molecule has 5 nitrogen and oxygen atoms in total. The van der Waals surface area contributed by atoms with Gasteiger partial charge in [0, 0.05) is 23.5 Å². The quantitative estimate of drug-likeness (QED) is 0.823. The number of ether oxygens (including phenoxy) is 1. The van der Waals surface area contributed by atoms with E-state index < -0.39 is 5.60 Å². The zero-order chi connectivity index (χ0) is 18.2. The average molecular weight is 409 g/mol. The molecule has 2 atom stereocenters. The lowest BCUT2D eigenvalue weighted by Gasteiger charge is -2.33. The predicted molar refractivity (Wildman–Crippen MR) is 99.3 cm³/mol. The SMILES string of the molecule is CC(C)(C)OC(=O)N(C[C@@H]1CCC(=O)N1)C1CCc2cc(Br)ccc21. The molecule has 1 aromatic carbocycles. The van der Waals surface area contributed by atoms with Crippen molar-refractivity contribution >= 4 is 27.9 Å². The van der Waals surface area contributed by atoms with Crippen molar-refractivity contribution in [2.24, 2.45) is 0 Å². The van der Waals surface area contributed by atoms with E-state index in [1.54, 1.807) is 4.90 Å². The van der Waals surface area contributed by atoms with Gasteiger partial charge in [-0.1, -0.05) is 22.0 Å². The molecule has 0 aromatic heterocycles. The Morgan fingerprint density at radius 3 is 2.72 bits per heavy atom. The molecular weight excluding hydrogens is 384 g/mol. The number of hydrogen-bond donors (Lipinski definition) is 1. The number of rotatable bonds is 3. The monoisotopic (exact) mass is 408 g/mol. The number of amides is 2. The van der Waals surface area contributed by atoms with Crippen molar-refractivity contribution in [3.63, 3.8) is 0 Å². The molecule has 1 saturated heterocycles. The van der Waals surface area contributed by atoms with Gasteiger partial charge < -0.3 is 10.1 Å². The Morgan fingerprint density at radius 2 is 2.08 bits per heavy atom. The first kappa shape index (κ1) is 18.2. The van der Waals surface area contributed by atoms with Crippen LogP contribution in [-0.2, 0) is 16.0 Å². The summed E-state index contributed by atoms with van der Waals surface area (Å²) in [5.74, 6) is 0.0601. The van der Waals surface area contributed by atoms with Gasteiger partial charge in [-0.25, -0.2) is 4.79 Å². The van der Waals surface area contributed by atoms with Crippen molar-refractivity contribution < 1.29 is 14.3 Å². The molecule has 1 heterocycles. The van der Waals surface area contributed by atoms with Crippen LogP contribution < -0.4 is 5.32 Å². The van der Waals surface area contributed by atoms with Gasteiger partial charge in [-0.3, -0.25) is 9.69 Å². The van der Waals surface area contributed by atoms with Crippen LogP contribution in [-0.4, -0.2) is 35.1 Å². The molecule has 2 amide bonds. The van der Waals surface area contributed by atoms with Gasteiger partial charge in [0.25, 0.3) is 0 Å². The molecule has 2 aliphatic rings. The molecule has 1 aliphatic carbocycles. The lowest BCUT2D eigenvalue weighted by Crippen LogP contribution is -2.45.